The molecule has 2 aromatic rings. The third-order valence-electron chi connectivity index (χ3n) is 3.84. The van der Waals surface area contributed by atoms with Crippen LogP contribution in [0.25, 0.3) is 0 Å². The summed E-state index contributed by atoms with van der Waals surface area (Å²) in [5.74, 6) is 0.273. The molecule has 0 radical (unpaired) electrons. The summed E-state index contributed by atoms with van der Waals surface area (Å²) in [6.45, 7) is 1.98. The Balaban J connectivity index is 1.70. The van der Waals surface area contributed by atoms with E-state index in [2.05, 4.69) is 5.32 Å². The maximum Gasteiger partial charge on any atom is 0.228 e. The van der Waals surface area contributed by atoms with Crippen LogP contribution in [0, 0.1) is 12.8 Å². The number of hydrogen-bond donors (Lipinski definition) is 1. The quantitative estimate of drug-likeness (QED) is 0.843. The van der Waals surface area contributed by atoms with Crippen molar-refractivity contribution in [3.8, 4) is 0 Å². The smallest absolute Gasteiger partial charge is 0.228 e. The van der Waals surface area contributed by atoms with E-state index < -0.39 is 0 Å². The zero-order valence-electron chi connectivity index (χ0n) is 11.6. The highest BCUT2D eigenvalue weighted by molar-refractivity contribution is 6.34. The van der Waals surface area contributed by atoms with E-state index in [4.69, 9.17) is 23.2 Å². The molecule has 3 rings (SSSR count). The minimum absolute atomic E-state index is 0.000797. The summed E-state index contributed by atoms with van der Waals surface area (Å²) < 4.78 is 0. The van der Waals surface area contributed by atoms with Crippen LogP contribution in [0.5, 0.6) is 0 Å². The lowest BCUT2D eigenvalue weighted by Crippen LogP contribution is -2.15. The van der Waals surface area contributed by atoms with E-state index in [0.717, 1.165) is 23.2 Å². The number of anilines is 1. The highest BCUT2D eigenvalue weighted by Gasteiger charge is 2.44. The first-order valence-electron chi connectivity index (χ1n) is 6.87. The maximum atomic E-state index is 12.3. The summed E-state index contributed by atoms with van der Waals surface area (Å²) in [6.07, 6.45) is 0.842. The first kappa shape index (κ1) is 14.4. The summed E-state index contributed by atoms with van der Waals surface area (Å²) in [4.78, 5) is 12.3. The molecule has 2 aromatic carbocycles. The van der Waals surface area contributed by atoms with Crippen LogP contribution in [-0.4, -0.2) is 5.91 Å². The van der Waals surface area contributed by atoms with Crippen LogP contribution in [0.2, 0.25) is 10.0 Å². The number of halogens is 2. The van der Waals surface area contributed by atoms with Crippen molar-refractivity contribution in [2.24, 2.45) is 5.92 Å². The van der Waals surface area contributed by atoms with Crippen LogP contribution in [0.15, 0.2) is 42.5 Å². The third-order valence-corrected chi connectivity index (χ3v) is 4.28. The van der Waals surface area contributed by atoms with Gasteiger partial charge in [-0.05, 0) is 54.7 Å². The third kappa shape index (κ3) is 3.22. The lowest BCUT2D eigenvalue weighted by Gasteiger charge is -2.08. The molecule has 108 valence electrons. The van der Waals surface area contributed by atoms with Crippen molar-refractivity contribution in [2.45, 2.75) is 19.3 Å². The molecule has 21 heavy (non-hydrogen) atoms. The van der Waals surface area contributed by atoms with E-state index in [1.807, 2.05) is 43.3 Å². The first-order chi connectivity index (χ1) is 10.0. The van der Waals surface area contributed by atoms with Gasteiger partial charge in [0.25, 0.3) is 0 Å². The van der Waals surface area contributed by atoms with Gasteiger partial charge in [0.05, 0.1) is 0 Å². The molecule has 0 bridgehead atoms. The van der Waals surface area contributed by atoms with Crippen molar-refractivity contribution in [3.63, 3.8) is 0 Å². The number of carbonyl (C=O) groups excluding carboxylic acids is 1. The molecule has 1 N–H and O–H groups in total. The van der Waals surface area contributed by atoms with Gasteiger partial charge < -0.3 is 5.32 Å². The van der Waals surface area contributed by atoms with Crippen molar-refractivity contribution < 1.29 is 4.79 Å². The van der Waals surface area contributed by atoms with E-state index in [1.165, 1.54) is 0 Å². The van der Waals surface area contributed by atoms with Crippen LogP contribution in [0.1, 0.15) is 23.5 Å². The van der Waals surface area contributed by atoms with Crippen molar-refractivity contribution in [1.82, 2.24) is 0 Å². The zero-order chi connectivity index (χ0) is 15.0. The number of carbonyl (C=O) groups is 1. The Labute approximate surface area is 134 Å². The molecule has 0 heterocycles. The number of benzene rings is 2. The Hall–Kier alpha value is -1.51. The number of nitrogens with one attached hydrogen (secondary N) is 1. The van der Waals surface area contributed by atoms with Gasteiger partial charge in [0.15, 0.2) is 0 Å². The van der Waals surface area contributed by atoms with Gasteiger partial charge in [-0.15, -0.1) is 0 Å². The molecule has 4 heteroatoms. The standard InChI is InChI=1S/C17H15Cl2NO/c1-10-4-2-3-5-16(10)20-17(21)15-9-14(15)11-6-12(18)8-13(19)7-11/h2-8,14-15H,9H2,1H3,(H,20,21). The average Bonchev–Trinajstić information content (AvgIpc) is 3.20. The monoisotopic (exact) mass is 319 g/mol. The first-order valence-corrected chi connectivity index (χ1v) is 7.62. The normalized spacial score (nSPS) is 20.1. The van der Waals surface area contributed by atoms with Gasteiger partial charge in [0, 0.05) is 21.7 Å². The lowest BCUT2D eigenvalue weighted by molar-refractivity contribution is -0.117. The molecule has 0 aromatic heterocycles. The number of rotatable bonds is 3. The minimum Gasteiger partial charge on any atom is -0.326 e. The maximum absolute atomic E-state index is 12.3. The molecule has 0 saturated heterocycles. The number of aryl methyl sites for hydroxylation is 1. The van der Waals surface area contributed by atoms with E-state index in [0.29, 0.717) is 10.0 Å². The molecular formula is C17H15Cl2NO. The van der Waals surface area contributed by atoms with Gasteiger partial charge >= 0.3 is 0 Å². The fourth-order valence-electron chi connectivity index (χ4n) is 2.58. The molecule has 0 aliphatic heterocycles. The van der Waals surface area contributed by atoms with E-state index in [-0.39, 0.29) is 17.7 Å². The van der Waals surface area contributed by atoms with Crippen LogP contribution < -0.4 is 5.32 Å². The lowest BCUT2D eigenvalue weighted by atomic mass is 10.1. The number of amides is 1. The Morgan fingerprint density at radius 3 is 2.48 bits per heavy atom. The zero-order valence-corrected chi connectivity index (χ0v) is 13.1. The molecule has 1 aliphatic rings. The van der Waals surface area contributed by atoms with Crippen LogP contribution in [-0.2, 0) is 4.79 Å². The van der Waals surface area contributed by atoms with Gasteiger partial charge in [-0.2, -0.15) is 0 Å². The van der Waals surface area contributed by atoms with Crippen LogP contribution >= 0.6 is 23.2 Å². The van der Waals surface area contributed by atoms with Crippen LogP contribution in [0.3, 0.4) is 0 Å². The second-order valence-corrected chi connectivity index (χ2v) is 6.33. The second-order valence-electron chi connectivity index (χ2n) is 5.46. The summed E-state index contributed by atoms with van der Waals surface area (Å²) in [7, 11) is 0. The van der Waals surface area contributed by atoms with Gasteiger partial charge in [0.1, 0.15) is 0 Å². The van der Waals surface area contributed by atoms with Gasteiger partial charge in [-0.3, -0.25) is 4.79 Å². The summed E-state index contributed by atoms with van der Waals surface area (Å²) >= 11 is 12.0. The van der Waals surface area contributed by atoms with Crippen molar-refractivity contribution in [2.75, 3.05) is 5.32 Å². The van der Waals surface area contributed by atoms with Crippen molar-refractivity contribution >= 4 is 34.8 Å². The van der Waals surface area contributed by atoms with Crippen LogP contribution in [0.4, 0.5) is 5.69 Å². The molecule has 2 atom stereocenters. The highest BCUT2D eigenvalue weighted by Crippen LogP contribution is 2.49. The van der Waals surface area contributed by atoms with Gasteiger partial charge in [-0.25, -0.2) is 0 Å². The molecule has 1 saturated carbocycles. The molecule has 2 unspecified atom stereocenters. The predicted octanol–water partition coefficient (Wildman–Crippen LogP) is 5.04. The average molecular weight is 320 g/mol. The second kappa shape index (κ2) is 5.70. The fourth-order valence-corrected chi connectivity index (χ4v) is 3.12. The Kier molecular flexibility index (Phi) is 3.92. The predicted molar refractivity (Wildman–Crippen MR) is 87.1 cm³/mol. The molecular weight excluding hydrogens is 305 g/mol. The highest BCUT2D eigenvalue weighted by atomic mass is 35.5. The number of hydrogen-bond acceptors (Lipinski definition) is 1. The van der Waals surface area contributed by atoms with E-state index in [9.17, 15) is 4.79 Å². The summed E-state index contributed by atoms with van der Waals surface area (Å²) in [6, 6.07) is 13.3. The summed E-state index contributed by atoms with van der Waals surface area (Å²) in [5.41, 5.74) is 2.98. The molecule has 1 amide bonds. The SMILES string of the molecule is Cc1ccccc1NC(=O)C1CC1c1cc(Cl)cc(Cl)c1. The Bertz CT molecular complexity index is 679. The van der Waals surface area contributed by atoms with E-state index in [1.54, 1.807) is 6.07 Å². The van der Waals surface area contributed by atoms with Gasteiger partial charge in [-0.1, -0.05) is 41.4 Å². The molecule has 1 aliphatic carbocycles. The van der Waals surface area contributed by atoms with E-state index >= 15 is 0 Å². The molecule has 0 spiro atoms. The topological polar surface area (TPSA) is 29.1 Å². The largest absolute Gasteiger partial charge is 0.326 e. The summed E-state index contributed by atoms with van der Waals surface area (Å²) in [5, 5.41) is 4.22. The Morgan fingerprint density at radius 2 is 1.81 bits per heavy atom. The molecule has 1 fully saturated rings. The Morgan fingerprint density at radius 1 is 1.14 bits per heavy atom. The van der Waals surface area contributed by atoms with Crippen molar-refractivity contribution in [1.29, 1.82) is 0 Å². The van der Waals surface area contributed by atoms with Gasteiger partial charge in [0.2, 0.25) is 5.91 Å². The molecule has 2 nitrogen and oxygen atoms in total. The van der Waals surface area contributed by atoms with Crippen molar-refractivity contribution in [3.05, 3.63) is 63.6 Å². The minimum atomic E-state index is -0.000797. The number of para-hydroxylation sites is 1. The fraction of sp³-hybridized carbons (Fsp3) is 0.235.